The normalized spacial score (nSPS) is 21.7. The van der Waals surface area contributed by atoms with Crippen molar-refractivity contribution in [3.05, 3.63) is 16.8 Å². The molecule has 1 aliphatic carbocycles. The number of nitrogens with zero attached hydrogens (tertiary/aromatic N) is 2. The minimum atomic E-state index is 0.409. The molecule has 1 aromatic rings. The Labute approximate surface area is 113 Å². The van der Waals surface area contributed by atoms with Gasteiger partial charge in [0.2, 0.25) is 0 Å². The van der Waals surface area contributed by atoms with E-state index in [0.29, 0.717) is 16.9 Å². The van der Waals surface area contributed by atoms with Gasteiger partial charge in [-0.3, -0.25) is 0 Å². The molecule has 3 N–H and O–H groups in total. The van der Waals surface area contributed by atoms with Crippen molar-refractivity contribution in [2.45, 2.75) is 46.1 Å². The van der Waals surface area contributed by atoms with Crippen molar-refractivity contribution in [1.29, 1.82) is 0 Å². The molecule has 0 aliphatic heterocycles. The minimum absolute atomic E-state index is 0.409. The Morgan fingerprint density at radius 1 is 1.39 bits per heavy atom. The Bertz CT molecular complexity index is 472. The van der Waals surface area contributed by atoms with Gasteiger partial charge in [-0.05, 0) is 30.7 Å². The summed E-state index contributed by atoms with van der Waals surface area (Å²) in [5, 5.41) is 12.0. The number of thiocarbonyl (C=S) groups is 1. The van der Waals surface area contributed by atoms with Crippen LogP contribution in [0.5, 0.6) is 0 Å². The predicted octanol–water partition coefficient (Wildman–Crippen LogP) is 2.06. The zero-order valence-corrected chi connectivity index (χ0v) is 12.0. The summed E-state index contributed by atoms with van der Waals surface area (Å²) in [4.78, 5) is 0.409. The molecule has 2 rings (SSSR count). The highest BCUT2D eigenvalue weighted by atomic mass is 32.1. The molecule has 2 atom stereocenters. The van der Waals surface area contributed by atoms with Gasteiger partial charge < -0.3 is 11.1 Å². The van der Waals surface area contributed by atoms with Crippen LogP contribution in [0.4, 0.5) is 5.82 Å². The van der Waals surface area contributed by atoms with Crippen LogP contribution < -0.4 is 11.1 Å². The summed E-state index contributed by atoms with van der Waals surface area (Å²) in [6.45, 7) is 6.39. The number of nitrogens with one attached hydrogen (secondary N) is 1. The predicted molar refractivity (Wildman–Crippen MR) is 77.9 cm³/mol. The molecule has 0 aromatic carbocycles. The van der Waals surface area contributed by atoms with Crippen LogP contribution in [0.1, 0.15) is 44.0 Å². The molecule has 1 aromatic heterocycles. The van der Waals surface area contributed by atoms with E-state index in [9.17, 15) is 0 Å². The first-order chi connectivity index (χ1) is 8.58. The van der Waals surface area contributed by atoms with Crippen LogP contribution in [-0.4, -0.2) is 21.2 Å². The number of anilines is 1. The number of hydrogen-bond donors (Lipinski definition) is 2. The maximum Gasteiger partial charge on any atom is 0.159 e. The second kappa shape index (κ2) is 5.18. The van der Waals surface area contributed by atoms with E-state index in [0.717, 1.165) is 35.5 Å². The van der Waals surface area contributed by atoms with Crippen LogP contribution in [0.3, 0.4) is 0 Å². The van der Waals surface area contributed by atoms with Crippen LogP contribution in [0, 0.1) is 5.92 Å². The lowest BCUT2D eigenvalue weighted by Crippen LogP contribution is -2.20. The largest absolute Gasteiger partial charge is 0.389 e. The smallest absolute Gasteiger partial charge is 0.159 e. The van der Waals surface area contributed by atoms with Gasteiger partial charge in [0.15, 0.2) is 5.82 Å². The second-order valence-corrected chi connectivity index (χ2v) is 5.32. The third-order valence-corrected chi connectivity index (χ3v) is 3.73. The number of nitrogens with two attached hydrogens (primary N) is 1. The summed E-state index contributed by atoms with van der Waals surface area (Å²) in [5.74, 6) is 1.45. The Morgan fingerprint density at radius 2 is 2.06 bits per heavy atom. The number of aryl methyl sites for hydroxylation is 1. The summed E-state index contributed by atoms with van der Waals surface area (Å²) in [6, 6.07) is 0.490. The molecule has 98 valence electrons. The van der Waals surface area contributed by atoms with Gasteiger partial charge >= 0.3 is 0 Å². The molecule has 18 heavy (non-hydrogen) atoms. The molecule has 1 saturated carbocycles. The molecule has 1 aliphatic rings. The van der Waals surface area contributed by atoms with Crippen LogP contribution in [0.25, 0.3) is 0 Å². The molecule has 0 amide bonds. The lowest BCUT2D eigenvalue weighted by molar-refractivity contribution is 0.859. The van der Waals surface area contributed by atoms with Crippen LogP contribution in [0.2, 0.25) is 0 Å². The third-order valence-electron chi connectivity index (χ3n) is 3.52. The Morgan fingerprint density at radius 3 is 2.50 bits per heavy atom. The number of hydrogen-bond acceptors (Lipinski definition) is 4. The van der Waals surface area contributed by atoms with E-state index in [1.807, 2.05) is 0 Å². The summed E-state index contributed by atoms with van der Waals surface area (Å²) in [5.41, 5.74) is 8.89. The Hall–Kier alpha value is -1.23. The van der Waals surface area contributed by atoms with E-state index < -0.39 is 0 Å². The maximum atomic E-state index is 5.87. The summed E-state index contributed by atoms with van der Waals surface area (Å²) < 4.78 is 0. The molecule has 1 fully saturated rings. The van der Waals surface area contributed by atoms with Crippen molar-refractivity contribution in [1.82, 2.24) is 10.2 Å². The number of aromatic nitrogens is 2. The SMILES string of the molecule is CCc1nnc(NC2CC2C)c(C(N)=S)c1CC. The van der Waals surface area contributed by atoms with Crippen LogP contribution in [-0.2, 0) is 12.8 Å². The monoisotopic (exact) mass is 264 g/mol. The zero-order valence-electron chi connectivity index (χ0n) is 11.2. The summed E-state index contributed by atoms with van der Waals surface area (Å²) in [6.07, 6.45) is 2.90. The van der Waals surface area contributed by atoms with Gasteiger partial charge in [-0.2, -0.15) is 5.10 Å². The van der Waals surface area contributed by atoms with E-state index in [1.165, 1.54) is 6.42 Å². The van der Waals surface area contributed by atoms with Gasteiger partial charge in [0.05, 0.1) is 11.3 Å². The molecular formula is C13H20N4S. The maximum absolute atomic E-state index is 5.87. The highest BCUT2D eigenvalue weighted by Crippen LogP contribution is 2.33. The fraction of sp³-hybridized carbons (Fsp3) is 0.615. The summed E-state index contributed by atoms with van der Waals surface area (Å²) >= 11 is 5.18. The van der Waals surface area contributed by atoms with Gasteiger partial charge in [0, 0.05) is 6.04 Å². The van der Waals surface area contributed by atoms with Crippen molar-refractivity contribution >= 4 is 23.0 Å². The molecule has 2 unspecified atom stereocenters. The van der Waals surface area contributed by atoms with Gasteiger partial charge in [-0.15, -0.1) is 5.10 Å². The zero-order chi connectivity index (χ0) is 13.3. The molecule has 4 nitrogen and oxygen atoms in total. The lowest BCUT2D eigenvalue weighted by atomic mass is 10.0. The van der Waals surface area contributed by atoms with Gasteiger partial charge in [0.25, 0.3) is 0 Å². The van der Waals surface area contributed by atoms with E-state index in [4.69, 9.17) is 18.0 Å². The van der Waals surface area contributed by atoms with E-state index in [1.54, 1.807) is 0 Å². The van der Waals surface area contributed by atoms with Crippen molar-refractivity contribution in [3.8, 4) is 0 Å². The van der Waals surface area contributed by atoms with E-state index in [2.05, 4.69) is 36.3 Å². The number of rotatable bonds is 5. The van der Waals surface area contributed by atoms with Gasteiger partial charge in [-0.1, -0.05) is 33.0 Å². The first-order valence-corrected chi connectivity index (χ1v) is 6.94. The van der Waals surface area contributed by atoms with Crippen molar-refractivity contribution < 1.29 is 0 Å². The van der Waals surface area contributed by atoms with Crippen molar-refractivity contribution in [3.63, 3.8) is 0 Å². The first kappa shape index (κ1) is 13.2. The topological polar surface area (TPSA) is 63.8 Å². The molecule has 0 radical (unpaired) electrons. The Kier molecular flexibility index (Phi) is 3.80. The van der Waals surface area contributed by atoms with E-state index in [-0.39, 0.29) is 0 Å². The van der Waals surface area contributed by atoms with Crippen molar-refractivity contribution in [2.75, 3.05) is 5.32 Å². The molecule has 1 heterocycles. The fourth-order valence-electron chi connectivity index (χ4n) is 2.24. The molecule has 0 saturated heterocycles. The minimum Gasteiger partial charge on any atom is -0.389 e. The van der Waals surface area contributed by atoms with E-state index >= 15 is 0 Å². The molecule has 0 bridgehead atoms. The standard InChI is InChI=1S/C13H20N4S/c1-4-8-9(5-2)16-17-13(11(8)12(14)18)15-10-6-7(10)3/h7,10H,4-6H2,1-3H3,(H2,14,18)(H,15,17). The Balaban J connectivity index is 2.42. The van der Waals surface area contributed by atoms with Gasteiger partial charge in [0.1, 0.15) is 4.99 Å². The first-order valence-electron chi connectivity index (χ1n) is 6.53. The average molecular weight is 264 g/mol. The highest BCUT2D eigenvalue weighted by molar-refractivity contribution is 7.80. The van der Waals surface area contributed by atoms with Crippen molar-refractivity contribution in [2.24, 2.45) is 11.7 Å². The average Bonchev–Trinajstić information content (AvgIpc) is 3.03. The quantitative estimate of drug-likeness (QED) is 0.797. The fourth-order valence-corrected chi connectivity index (χ4v) is 2.46. The molecule has 5 heteroatoms. The van der Waals surface area contributed by atoms with Crippen LogP contribution in [0.15, 0.2) is 0 Å². The third kappa shape index (κ3) is 2.46. The van der Waals surface area contributed by atoms with Gasteiger partial charge in [-0.25, -0.2) is 0 Å². The second-order valence-electron chi connectivity index (χ2n) is 4.88. The summed E-state index contributed by atoms with van der Waals surface area (Å²) in [7, 11) is 0. The van der Waals surface area contributed by atoms with Crippen LogP contribution >= 0.6 is 12.2 Å². The lowest BCUT2D eigenvalue weighted by Gasteiger charge is -2.15. The highest BCUT2D eigenvalue weighted by Gasteiger charge is 2.34. The molecular weight excluding hydrogens is 244 g/mol. The molecule has 0 spiro atoms.